The van der Waals surface area contributed by atoms with Crippen LogP contribution in [0, 0.1) is 11.6 Å². The number of allylic oxidation sites excluding steroid dienone is 2. The first-order chi connectivity index (χ1) is 14.3. The summed E-state index contributed by atoms with van der Waals surface area (Å²) in [6, 6.07) is 8.19. The van der Waals surface area contributed by atoms with E-state index in [9.17, 15) is 26.8 Å². The number of carbonyl (C=O) groups excluding carboxylic acids is 2. The number of Topliss-reactive ketones (excluding diaryl/α,β-unsaturated/α-hetero) is 2. The molecular formula is C20H16F2N2O5S. The van der Waals surface area contributed by atoms with Crippen molar-refractivity contribution in [2.75, 3.05) is 31.0 Å². The van der Waals surface area contributed by atoms with E-state index in [1.165, 1.54) is 23.1 Å². The Hall–Kier alpha value is -3.11. The van der Waals surface area contributed by atoms with Crippen molar-refractivity contribution in [2.45, 2.75) is 0 Å². The molecule has 30 heavy (non-hydrogen) atoms. The van der Waals surface area contributed by atoms with Crippen molar-refractivity contribution in [1.82, 2.24) is 4.90 Å². The summed E-state index contributed by atoms with van der Waals surface area (Å²) < 4.78 is 60.8. The van der Waals surface area contributed by atoms with Crippen LogP contribution in [0.5, 0.6) is 0 Å². The van der Waals surface area contributed by atoms with Gasteiger partial charge in [0.05, 0.1) is 18.9 Å². The molecule has 2 aromatic rings. The molecule has 1 aliphatic carbocycles. The standard InChI is InChI=1S/C20H16F2N2O5S/c21-12-5-6-16(15(22)11-12)23-30(27,28)20-17(24-7-9-29-10-8-24)18(25)13-3-1-2-4-14(13)19(20)26/h1-6,11,23H,7-10H2. The van der Waals surface area contributed by atoms with Crippen LogP contribution in [-0.2, 0) is 14.8 Å². The molecule has 1 fully saturated rings. The smallest absolute Gasteiger partial charge is 0.268 e. The van der Waals surface area contributed by atoms with Gasteiger partial charge in [-0.15, -0.1) is 0 Å². The van der Waals surface area contributed by atoms with E-state index in [4.69, 9.17) is 4.74 Å². The van der Waals surface area contributed by atoms with Crippen LogP contribution >= 0.6 is 0 Å². The maximum atomic E-state index is 14.1. The molecule has 10 heteroatoms. The fraction of sp³-hybridized carbons (Fsp3) is 0.200. The van der Waals surface area contributed by atoms with Gasteiger partial charge in [-0.2, -0.15) is 0 Å². The van der Waals surface area contributed by atoms with Gasteiger partial charge in [0.2, 0.25) is 11.6 Å². The average molecular weight is 434 g/mol. The summed E-state index contributed by atoms with van der Waals surface area (Å²) in [6.07, 6.45) is 0. The summed E-state index contributed by atoms with van der Waals surface area (Å²) >= 11 is 0. The number of halogens is 2. The van der Waals surface area contributed by atoms with E-state index in [2.05, 4.69) is 0 Å². The minimum Gasteiger partial charge on any atom is -0.378 e. The molecule has 0 spiro atoms. The minimum atomic E-state index is -4.68. The summed E-state index contributed by atoms with van der Waals surface area (Å²) in [4.78, 5) is 27.0. The number of sulfonamides is 1. The Labute approximate surface area is 171 Å². The van der Waals surface area contributed by atoms with E-state index in [0.717, 1.165) is 12.1 Å². The molecule has 0 aromatic heterocycles. The normalized spacial score (nSPS) is 17.2. The summed E-state index contributed by atoms with van der Waals surface area (Å²) in [7, 11) is -4.68. The second-order valence-corrected chi connectivity index (χ2v) is 8.33. The summed E-state index contributed by atoms with van der Waals surface area (Å²) in [5.74, 6) is -3.53. The van der Waals surface area contributed by atoms with E-state index in [-0.39, 0.29) is 43.1 Å². The van der Waals surface area contributed by atoms with E-state index in [1.807, 2.05) is 4.72 Å². The first-order valence-electron chi connectivity index (χ1n) is 9.03. The van der Waals surface area contributed by atoms with Gasteiger partial charge in [-0.05, 0) is 12.1 Å². The third-order valence-corrected chi connectivity index (χ3v) is 6.23. The highest BCUT2D eigenvalue weighted by atomic mass is 32.2. The fourth-order valence-electron chi connectivity index (χ4n) is 3.43. The van der Waals surface area contributed by atoms with Gasteiger partial charge in [-0.3, -0.25) is 14.3 Å². The fourth-order valence-corrected chi connectivity index (χ4v) is 4.82. The van der Waals surface area contributed by atoms with Crippen molar-refractivity contribution >= 4 is 27.3 Å². The number of ether oxygens (including phenoxy) is 1. The zero-order valence-electron chi connectivity index (χ0n) is 15.5. The Balaban J connectivity index is 1.87. The maximum Gasteiger partial charge on any atom is 0.268 e. The third-order valence-electron chi connectivity index (χ3n) is 4.82. The number of benzene rings is 2. The number of nitrogens with zero attached hydrogens (tertiary/aromatic N) is 1. The van der Waals surface area contributed by atoms with Crippen LogP contribution in [-0.4, -0.2) is 51.2 Å². The molecule has 0 bridgehead atoms. The molecule has 1 N–H and O–H groups in total. The van der Waals surface area contributed by atoms with Crippen molar-refractivity contribution in [1.29, 1.82) is 0 Å². The Bertz CT molecular complexity index is 1190. The highest BCUT2D eigenvalue weighted by Gasteiger charge is 2.42. The molecule has 4 rings (SSSR count). The topological polar surface area (TPSA) is 92.8 Å². The summed E-state index contributed by atoms with van der Waals surface area (Å²) in [6.45, 7) is 0.917. The van der Waals surface area contributed by atoms with Crippen LogP contribution in [0.4, 0.5) is 14.5 Å². The minimum absolute atomic E-state index is 0.0561. The number of morpholine rings is 1. The van der Waals surface area contributed by atoms with Crippen molar-refractivity contribution in [3.05, 3.63) is 75.8 Å². The first kappa shape index (κ1) is 20.2. The van der Waals surface area contributed by atoms with Crippen LogP contribution in [0.15, 0.2) is 53.1 Å². The lowest BCUT2D eigenvalue weighted by Gasteiger charge is -2.33. The zero-order valence-corrected chi connectivity index (χ0v) is 16.3. The zero-order chi connectivity index (χ0) is 21.5. The van der Waals surface area contributed by atoms with Crippen LogP contribution in [0.3, 0.4) is 0 Å². The Morgan fingerprint density at radius 1 is 0.933 bits per heavy atom. The van der Waals surface area contributed by atoms with Crippen molar-refractivity contribution in [2.24, 2.45) is 0 Å². The molecule has 2 aliphatic rings. The molecule has 2 aromatic carbocycles. The van der Waals surface area contributed by atoms with E-state index in [1.54, 1.807) is 6.07 Å². The summed E-state index contributed by atoms with van der Waals surface area (Å²) in [5, 5.41) is 0. The predicted octanol–water partition coefficient (Wildman–Crippen LogP) is 2.33. The number of anilines is 1. The van der Waals surface area contributed by atoms with Gasteiger partial charge in [0, 0.05) is 30.3 Å². The molecule has 0 amide bonds. The van der Waals surface area contributed by atoms with Gasteiger partial charge in [-0.1, -0.05) is 24.3 Å². The monoisotopic (exact) mass is 434 g/mol. The van der Waals surface area contributed by atoms with E-state index < -0.39 is 43.8 Å². The number of ketones is 2. The molecular weight excluding hydrogens is 418 g/mol. The largest absolute Gasteiger partial charge is 0.378 e. The second kappa shape index (κ2) is 7.62. The quantitative estimate of drug-likeness (QED) is 0.794. The van der Waals surface area contributed by atoms with Crippen LogP contribution in [0.25, 0.3) is 0 Å². The van der Waals surface area contributed by atoms with Crippen LogP contribution < -0.4 is 4.72 Å². The lowest BCUT2D eigenvalue weighted by Crippen LogP contribution is -2.43. The van der Waals surface area contributed by atoms with Gasteiger partial charge >= 0.3 is 0 Å². The molecule has 1 heterocycles. The molecule has 1 aliphatic heterocycles. The third kappa shape index (κ3) is 3.48. The maximum absolute atomic E-state index is 14.1. The lowest BCUT2D eigenvalue weighted by molar-refractivity contribution is 0.0499. The molecule has 0 atom stereocenters. The van der Waals surface area contributed by atoms with Crippen LogP contribution in [0.1, 0.15) is 20.7 Å². The molecule has 0 unspecified atom stereocenters. The molecule has 1 saturated heterocycles. The first-order valence-corrected chi connectivity index (χ1v) is 10.5. The number of hydrogen-bond donors (Lipinski definition) is 1. The van der Waals surface area contributed by atoms with Gasteiger partial charge in [0.15, 0.2) is 4.91 Å². The van der Waals surface area contributed by atoms with Crippen molar-refractivity contribution < 1.29 is 31.5 Å². The number of fused-ring (bicyclic) bond motifs is 1. The van der Waals surface area contributed by atoms with E-state index >= 15 is 0 Å². The highest BCUT2D eigenvalue weighted by Crippen LogP contribution is 2.33. The van der Waals surface area contributed by atoms with Crippen molar-refractivity contribution in [3.8, 4) is 0 Å². The molecule has 0 saturated carbocycles. The van der Waals surface area contributed by atoms with E-state index in [0.29, 0.717) is 6.07 Å². The Kier molecular flexibility index (Phi) is 5.12. The lowest BCUT2D eigenvalue weighted by atomic mass is 9.91. The predicted molar refractivity (Wildman–Crippen MR) is 103 cm³/mol. The highest BCUT2D eigenvalue weighted by molar-refractivity contribution is 7.97. The molecule has 7 nitrogen and oxygen atoms in total. The number of hydrogen-bond acceptors (Lipinski definition) is 6. The summed E-state index contributed by atoms with van der Waals surface area (Å²) in [5.41, 5.74) is -0.781. The molecule has 0 radical (unpaired) electrons. The Morgan fingerprint density at radius 3 is 2.20 bits per heavy atom. The van der Waals surface area contributed by atoms with Gasteiger partial charge in [-0.25, -0.2) is 17.2 Å². The Morgan fingerprint density at radius 2 is 1.57 bits per heavy atom. The van der Waals surface area contributed by atoms with Gasteiger partial charge < -0.3 is 9.64 Å². The second-order valence-electron chi connectivity index (χ2n) is 6.71. The SMILES string of the molecule is O=C1C(N2CCOCC2)=C(S(=O)(=O)Nc2ccc(F)cc2F)C(=O)c2ccccc21. The number of carbonyl (C=O) groups is 2. The van der Waals surface area contributed by atoms with Crippen molar-refractivity contribution in [3.63, 3.8) is 0 Å². The number of rotatable bonds is 4. The van der Waals surface area contributed by atoms with Crippen LogP contribution in [0.2, 0.25) is 0 Å². The number of nitrogens with one attached hydrogen (secondary N) is 1. The van der Waals surface area contributed by atoms with Gasteiger partial charge in [0.25, 0.3) is 10.0 Å². The molecule has 156 valence electrons. The van der Waals surface area contributed by atoms with Gasteiger partial charge in [0.1, 0.15) is 17.3 Å². The average Bonchev–Trinajstić information content (AvgIpc) is 2.73.